The van der Waals surface area contributed by atoms with Crippen LogP contribution in [-0.4, -0.2) is 38.4 Å². The highest BCUT2D eigenvalue weighted by Gasteiger charge is 2.26. The minimum Gasteiger partial charge on any atom is -0.379 e. The quantitative estimate of drug-likeness (QED) is 0.928. The number of hydrogen-bond acceptors (Lipinski definition) is 3. The molecule has 1 aliphatic rings. The molecule has 0 spiro atoms. The van der Waals surface area contributed by atoms with Gasteiger partial charge in [-0.1, -0.05) is 29.3 Å². The lowest BCUT2D eigenvalue weighted by atomic mass is 10.1. The first-order valence-corrected chi connectivity index (χ1v) is 7.19. The van der Waals surface area contributed by atoms with E-state index in [0.29, 0.717) is 23.3 Å². The van der Waals surface area contributed by atoms with Gasteiger partial charge < -0.3 is 14.8 Å². The van der Waals surface area contributed by atoms with Crippen molar-refractivity contribution < 1.29 is 14.3 Å². The standard InChI is InChI=1S/C14H17Cl2NO3/c1-19-13-8-20-5-4-12(13)17-14(18)7-9-2-3-10(15)11(16)6-9/h2-3,6,12-13H,4-5,7-8H2,1H3,(H,17,18)/t12-,13-/m0/s1. The van der Waals surface area contributed by atoms with Crippen molar-refractivity contribution >= 4 is 29.1 Å². The summed E-state index contributed by atoms with van der Waals surface area (Å²) in [5.41, 5.74) is 0.831. The van der Waals surface area contributed by atoms with Gasteiger partial charge in [-0.15, -0.1) is 0 Å². The second-order valence-corrected chi connectivity index (χ2v) is 5.55. The fourth-order valence-corrected chi connectivity index (χ4v) is 2.52. The summed E-state index contributed by atoms with van der Waals surface area (Å²) in [7, 11) is 1.62. The molecule has 2 atom stereocenters. The third-order valence-corrected chi connectivity index (χ3v) is 4.04. The van der Waals surface area contributed by atoms with Gasteiger partial charge in [-0.2, -0.15) is 0 Å². The SMILES string of the molecule is CO[C@H]1COCC[C@@H]1NC(=O)Cc1ccc(Cl)c(Cl)c1. The van der Waals surface area contributed by atoms with Crippen LogP contribution in [0, 0.1) is 0 Å². The molecule has 20 heavy (non-hydrogen) atoms. The van der Waals surface area contributed by atoms with Crippen molar-refractivity contribution in [2.24, 2.45) is 0 Å². The number of rotatable bonds is 4. The molecule has 1 aromatic carbocycles. The Balaban J connectivity index is 1.92. The minimum atomic E-state index is -0.0958. The fourth-order valence-electron chi connectivity index (χ4n) is 2.20. The van der Waals surface area contributed by atoms with Crippen LogP contribution in [0.1, 0.15) is 12.0 Å². The molecule has 0 saturated carbocycles. The molecule has 6 heteroatoms. The highest BCUT2D eigenvalue weighted by molar-refractivity contribution is 6.42. The van der Waals surface area contributed by atoms with E-state index in [1.807, 2.05) is 0 Å². The molecular formula is C14H17Cl2NO3. The second-order valence-electron chi connectivity index (χ2n) is 4.74. The van der Waals surface area contributed by atoms with Gasteiger partial charge in [0.1, 0.15) is 6.10 Å². The molecule has 0 radical (unpaired) electrons. The summed E-state index contributed by atoms with van der Waals surface area (Å²) in [6.07, 6.45) is 0.928. The number of ether oxygens (including phenoxy) is 2. The van der Waals surface area contributed by atoms with Gasteiger partial charge in [0.2, 0.25) is 5.91 Å². The first-order valence-electron chi connectivity index (χ1n) is 6.44. The van der Waals surface area contributed by atoms with Gasteiger partial charge in [-0.3, -0.25) is 4.79 Å². The first kappa shape index (κ1) is 15.6. The van der Waals surface area contributed by atoms with Crippen molar-refractivity contribution in [3.8, 4) is 0 Å². The summed E-state index contributed by atoms with van der Waals surface area (Å²) in [6, 6.07) is 5.19. The number of amides is 1. The predicted molar refractivity (Wildman–Crippen MR) is 78.3 cm³/mol. The van der Waals surface area contributed by atoms with E-state index < -0.39 is 0 Å². The maximum atomic E-state index is 12.1. The van der Waals surface area contributed by atoms with Gasteiger partial charge in [-0.25, -0.2) is 0 Å². The van der Waals surface area contributed by atoms with E-state index in [1.165, 1.54) is 0 Å². The molecule has 0 unspecified atom stereocenters. The van der Waals surface area contributed by atoms with Crippen molar-refractivity contribution in [1.29, 1.82) is 0 Å². The number of methoxy groups -OCH3 is 1. The number of carbonyl (C=O) groups excluding carboxylic acids is 1. The van der Waals surface area contributed by atoms with E-state index in [1.54, 1.807) is 25.3 Å². The number of halogens is 2. The van der Waals surface area contributed by atoms with Crippen molar-refractivity contribution in [3.05, 3.63) is 33.8 Å². The van der Waals surface area contributed by atoms with E-state index in [0.717, 1.165) is 12.0 Å². The van der Waals surface area contributed by atoms with Crippen molar-refractivity contribution in [3.63, 3.8) is 0 Å². The topological polar surface area (TPSA) is 47.6 Å². The van der Waals surface area contributed by atoms with Crippen molar-refractivity contribution in [2.45, 2.75) is 25.0 Å². The lowest BCUT2D eigenvalue weighted by Crippen LogP contribution is -2.50. The molecule has 0 aromatic heterocycles. The Kier molecular flexibility index (Phi) is 5.66. The second kappa shape index (κ2) is 7.27. The first-order chi connectivity index (χ1) is 9.60. The van der Waals surface area contributed by atoms with E-state index in [9.17, 15) is 4.79 Å². The Labute approximate surface area is 128 Å². The lowest BCUT2D eigenvalue weighted by molar-refractivity contribution is -0.124. The Bertz CT molecular complexity index is 481. The summed E-state index contributed by atoms with van der Waals surface area (Å²) in [5.74, 6) is -0.0580. The Morgan fingerprint density at radius 3 is 2.95 bits per heavy atom. The van der Waals surface area contributed by atoms with Crippen LogP contribution >= 0.6 is 23.2 Å². The zero-order chi connectivity index (χ0) is 14.5. The molecule has 1 fully saturated rings. The number of carbonyl (C=O) groups is 1. The van der Waals surface area contributed by atoms with Gasteiger partial charge >= 0.3 is 0 Å². The molecule has 0 bridgehead atoms. The van der Waals surface area contributed by atoms with E-state index in [2.05, 4.69) is 5.32 Å². The summed E-state index contributed by atoms with van der Waals surface area (Å²) in [4.78, 5) is 12.1. The van der Waals surface area contributed by atoms with Crippen LogP contribution in [0.5, 0.6) is 0 Å². The van der Waals surface area contributed by atoms with Crippen LogP contribution < -0.4 is 5.32 Å². The molecule has 4 nitrogen and oxygen atoms in total. The van der Waals surface area contributed by atoms with Crippen LogP contribution in [-0.2, 0) is 20.7 Å². The molecular weight excluding hydrogens is 301 g/mol. The zero-order valence-corrected chi connectivity index (χ0v) is 12.7. The van der Waals surface area contributed by atoms with Gasteiger partial charge in [0.15, 0.2) is 0 Å². The molecule has 110 valence electrons. The van der Waals surface area contributed by atoms with Gasteiger partial charge in [0.05, 0.1) is 29.1 Å². The Hall–Kier alpha value is -0.810. The predicted octanol–water partition coefficient (Wildman–Crippen LogP) is 2.46. The summed E-state index contributed by atoms with van der Waals surface area (Å²) in [5, 5.41) is 3.92. The molecule has 2 rings (SSSR count). The Morgan fingerprint density at radius 2 is 2.25 bits per heavy atom. The average molecular weight is 318 g/mol. The monoisotopic (exact) mass is 317 g/mol. The molecule has 1 N–H and O–H groups in total. The average Bonchev–Trinajstić information content (AvgIpc) is 2.43. The van der Waals surface area contributed by atoms with Crippen LogP contribution in [0.15, 0.2) is 18.2 Å². The molecule has 1 saturated heterocycles. The maximum absolute atomic E-state index is 12.1. The third-order valence-electron chi connectivity index (χ3n) is 3.30. The van der Waals surface area contributed by atoms with Crippen LogP contribution in [0.2, 0.25) is 10.0 Å². The Morgan fingerprint density at radius 1 is 1.45 bits per heavy atom. The normalized spacial score (nSPS) is 22.6. The molecule has 0 aliphatic carbocycles. The van der Waals surface area contributed by atoms with Crippen LogP contribution in [0.25, 0.3) is 0 Å². The molecule has 1 aromatic rings. The maximum Gasteiger partial charge on any atom is 0.224 e. The summed E-state index contributed by atoms with van der Waals surface area (Å²) < 4.78 is 10.6. The molecule has 1 amide bonds. The largest absolute Gasteiger partial charge is 0.379 e. The number of benzene rings is 1. The van der Waals surface area contributed by atoms with Gasteiger partial charge in [-0.05, 0) is 24.1 Å². The number of nitrogens with one attached hydrogen (secondary N) is 1. The summed E-state index contributed by atoms with van der Waals surface area (Å²) >= 11 is 11.8. The zero-order valence-electron chi connectivity index (χ0n) is 11.2. The number of hydrogen-bond donors (Lipinski definition) is 1. The van der Waals surface area contributed by atoms with E-state index >= 15 is 0 Å². The fraction of sp³-hybridized carbons (Fsp3) is 0.500. The smallest absolute Gasteiger partial charge is 0.224 e. The van der Waals surface area contributed by atoms with Crippen molar-refractivity contribution in [2.75, 3.05) is 20.3 Å². The molecule has 1 heterocycles. The summed E-state index contributed by atoms with van der Waals surface area (Å²) in [6.45, 7) is 1.14. The van der Waals surface area contributed by atoms with Crippen LogP contribution in [0.3, 0.4) is 0 Å². The lowest BCUT2D eigenvalue weighted by Gasteiger charge is -2.31. The van der Waals surface area contributed by atoms with Gasteiger partial charge in [0, 0.05) is 13.7 Å². The highest BCUT2D eigenvalue weighted by atomic mass is 35.5. The van der Waals surface area contributed by atoms with E-state index in [4.69, 9.17) is 32.7 Å². The van der Waals surface area contributed by atoms with Gasteiger partial charge in [0.25, 0.3) is 0 Å². The molecule has 1 aliphatic heterocycles. The van der Waals surface area contributed by atoms with Crippen molar-refractivity contribution in [1.82, 2.24) is 5.32 Å². The third kappa shape index (κ3) is 4.09. The van der Waals surface area contributed by atoms with E-state index in [-0.39, 0.29) is 24.5 Å². The minimum absolute atomic E-state index is 0.0102. The highest BCUT2D eigenvalue weighted by Crippen LogP contribution is 2.22. The van der Waals surface area contributed by atoms with Crippen LogP contribution in [0.4, 0.5) is 0 Å².